The molecule has 7 heteroatoms. The number of phenols is 2. The first-order valence-corrected chi connectivity index (χ1v) is 5.32. The maximum Gasteiger partial charge on any atom is 0.260 e. The number of imide groups is 1. The zero-order valence-electron chi connectivity index (χ0n) is 6.97. The van der Waals surface area contributed by atoms with Gasteiger partial charge in [0.1, 0.15) is 0 Å². The molecule has 1 aromatic rings. The number of hydrogen-bond donors (Lipinski definition) is 3. The van der Waals surface area contributed by atoms with Crippen molar-refractivity contribution >= 4 is 43.7 Å². The molecule has 0 radical (unpaired) electrons. The van der Waals surface area contributed by atoms with E-state index in [-0.39, 0.29) is 20.1 Å². The molecular weight excluding hydrogens is 334 g/mol. The van der Waals surface area contributed by atoms with Crippen LogP contribution in [0.4, 0.5) is 0 Å². The molecule has 78 valence electrons. The molecule has 2 amide bonds. The van der Waals surface area contributed by atoms with E-state index in [1.807, 2.05) is 0 Å². The van der Waals surface area contributed by atoms with Gasteiger partial charge in [-0.05, 0) is 31.9 Å². The van der Waals surface area contributed by atoms with Crippen LogP contribution in [0.2, 0.25) is 0 Å². The first kappa shape index (κ1) is 10.4. The van der Waals surface area contributed by atoms with Crippen molar-refractivity contribution in [1.29, 1.82) is 0 Å². The maximum absolute atomic E-state index is 11.3. The highest BCUT2D eigenvalue weighted by Gasteiger charge is 2.35. The Bertz CT molecular complexity index is 467. The number of rotatable bonds is 0. The second-order valence-corrected chi connectivity index (χ2v) is 4.44. The minimum Gasteiger partial charge on any atom is -0.503 e. The minimum atomic E-state index is -0.613. The van der Waals surface area contributed by atoms with Crippen molar-refractivity contribution in [3.63, 3.8) is 0 Å². The van der Waals surface area contributed by atoms with Crippen molar-refractivity contribution in [3.05, 3.63) is 20.1 Å². The van der Waals surface area contributed by atoms with E-state index in [0.29, 0.717) is 0 Å². The van der Waals surface area contributed by atoms with Crippen molar-refractivity contribution < 1.29 is 19.8 Å². The molecule has 0 saturated heterocycles. The normalized spacial score (nSPS) is 14.0. The highest BCUT2D eigenvalue weighted by molar-refractivity contribution is 9.11. The average Bonchev–Trinajstić information content (AvgIpc) is 2.47. The van der Waals surface area contributed by atoms with Gasteiger partial charge in [-0.3, -0.25) is 14.9 Å². The molecule has 0 aromatic heterocycles. The van der Waals surface area contributed by atoms with Crippen molar-refractivity contribution in [3.8, 4) is 11.5 Å². The number of fused-ring (bicyclic) bond motifs is 1. The molecule has 0 atom stereocenters. The number of amides is 2. The predicted molar refractivity (Wildman–Crippen MR) is 57.0 cm³/mol. The van der Waals surface area contributed by atoms with Crippen LogP contribution in [0.25, 0.3) is 0 Å². The van der Waals surface area contributed by atoms with Gasteiger partial charge in [-0.2, -0.15) is 0 Å². The van der Waals surface area contributed by atoms with Gasteiger partial charge in [0.15, 0.2) is 11.5 Å². The summed E-state index contributed by atoms with van der Waals surface area (Å²) in [6.07, 6.45) is 0. The van der Waals surface area contributed by atoms with Crippen molar-refractivity contribution in [1.82, 2.24) is 5.32 Å². The molecule has 3 N–H and O–H groups in total. The molecule has 1 heterocycles. The van der Waals surface area contributed by atoms with Crippen molar-refractivity contribution in [2.75, 3.05) is 0 Å². The fraction of sp³-hybridized carbons (Fsp3) is 0. The molecule has 0 fully saturated rings. The van der Waals surface area contributed by atoms with Gasteiger partial charge in [0, 0.05) is 0 Å². The van der Waals surface area contributed by atoms with Crippen LogP contribution in [-0.4, -0.2) is 22.0 Å². The van der Waals surface area contributed by atoms with E-state index in [1.54, 1.807) is 0 Å². The zero-order valence-corrected chi connectivity index (χ0v) is 10.1. The summed E-state index contributed by atoms with van der Waals surface area (Å²) >= 11 is 5.88. The molecule has 15 heavy (non-hydrogen) atoms. The lowest BCUT2D eigenvalue weighted by atomic mass is 10.1. The lowest BCUT2D eigenvalue weighted by Gasteiger charge is -2.07. The minimum absolute atomic E-state index is 0.00144. The first-order valence-electron chi connectivity index (χ1n) is 3.73. The highest BCUT2D eigenvalue weighted by atomic mass is 79.9. The van der Waals surface area contributed by atoms with Crippen LogP contribution in [0.15, 0.2) is 8.95 Å². The Labute approximate surface area is 100 Å². The summed E-state index contributed by atoms with van der Waals surface area (Å²) < 4.78 is 0.00287. The summed E-state index contributed by atoms with van der Waals surface area (Å²) in [4.78, 5) is 22.7. The van der Waals surface area contributed by atoms with E-state index < -0.39 is 23.3 Å². The average molecular weight is 337 g/mol. The SMILES string of the molecule is O=C1NC(=O)c2c(Br)c(O)c(O)c(Br)c21. The smallest absolute Gasteiger partial charge is 0.260 e. The van der Waals surface area contributed by atoms with Crippen LogP contribution in [0.5, 0.6) is 11.5 Å². The third kappa shape index (κ3) is 1.26. The Morgan fingerprint density at radius 3 is 1.53 bits per heavy atom. The van der Waals surface area contributed by atoms with Crippen LogP contribution in [0.3, 0.4) is 0 Å². The summed E-state index contributed by atoms with van der Waals surface area (Å²) in [6, 6.07) is 0. The first-order chi connectivity index (χ1) is 6.95. The summed E-state index contributed by atoms with van der Waals surface area (Å²) in [6.45, 7) is 0. The molecule has 0 bridgehead atoms. The fourth-order valence-corrected chi connectivity index (χ4v) is 2.45. The quantitative estimate of drug-likeness (QED) is 0.495. The molecule has 1 aliphatic heterocycles. The number of carbonyl (C=O) groups excluding carboxylic acids is 2. The fourth-order valence-electron chi connectivity index (χ4n) is 1.32. The van der Waals surface area contributed by atoms with Crippen LogP contribution in [0, 0.1) is 0 Å². The van der Waals surface area contributed by atoms with Gasteiger partial charge in [0.25, 0.3) is 11.8 Å². The number of halogens is 2. The van der Waals surface area contributed by atoms with E-state index in [1.165, 1.54) is 0 Å². The maximum atomic E-state index is 11.3. The highest BCUT2D eigenvalue weighted by Crippen LogP contribution is 2.45. The molecule has 2 rings (SSSR count). The number of hydrogen-bond acceptors (Lipinski definition) is 4. The second-order valence-electron chi connectivity index (χ2n) is 2.86. The van der Waals surface area contributed by atoms with E-state index >= 15 is 0 Å². The molecule has 1 aromatic carbocycles. The zero-order chi connectivity index (χ0) is 11.3. The number of benzene rings is 1. The van der Waals surface area contributed by atoms with Gasteiger partial charge >= 0.3 is 0 Å². The van der Waals surface area contributed by atoms with Crippen LogP contribution < -0.4 is 5.32 Å². The molecule has 0 unspecified atom stereocenters. The van der Waals surface area contributed by atoms with E-state index in [2.05, 4.69) is 37.2 Å². The van der Waals surface area contributed by atoms with Gasteiger partial charge in [-0.15, -0.1) is 0 Å². The lowest BCUT2D eigenvalue weighted by Crippen LogP contribution is -2.20. The van der Waals surface area contributed by atoms with Gasteiger partial charge in [-0.1, -0.05) is 0 Å². The molecule has 0 aliphatic carbocycles. The van der Waals surface area contributed by atoms with Crippen LogP contribution in [0.1, 0.15) is 20.7 Å². The van der Waals surface area contributed by atoms with Gasteiger partial charge in [0.05, 0.1) is 20.1 Å². The monoisotopic (exact) mass is 335 g/mol. The number of carbonyl (C=O) groups is 2. The van der Waals surface area contributed by atoms with Crippen molar-refractivity contribution in [2.45, 2.75) is 0 Å². The summed E-state index contributed by atoms with van der Waals surface area (Å²) in [5.74, 6) is -2.19. The molecule has 0 spiro atoms. The largest absolute Gasteiger partial charge is 0.503 e. The van der Waals surface area contributed by atoms with E-state index in [9.17, 15) is 19.8 Å². The van der Waals surface area contributed by atoms with Crippen LogP contribution >= 0.6 is 31.9 Å². The Morgan fingerprint density at radius 2 is 1.20 bits per heavy atom. The number of aromatic hydroxyl groups is 2. The molecule has 1 aliphatic rings. The molecular formula is C8H3Br2NO4. The third-order valence-electron chi connectivity index (χ3n) is 2.01. The summed E-state index contributed by atoms with van der Waals surface area (Å²) in [5, 5.41) is 20.9. The lowest BCUT2D eigenvalue weighted by molar-refractivity contribution is 0.0879. The standard InChI is InChI=1S/C8H3Br2NO4/c9-3-1-2(8(15)11-7(1)14)4(10)6(13)5(3)12/h12-13H,(H,11,14,15). The Morgan fingerprint density at radius 1 is 0.867 bits per heavy atom. The topological polar surface area (TPSA) is 86.6 Å². The van der Waals surface area contributed by atoms with E-state index in [4.69, 9.17) is 0 Å². The summed E-state index contributed by atoms with van der Waals surface area (Å²) in [7, 11) is 0. The Balaban J connectivity index is 2.92. The molecule has 5 nitrogen and oxygen atoms in total. The Hall–Kier alpha value is -1.08. The number of phenolic OH excluding ortho intramolecular Hbond substituents is 2. The molecule has 0 saturated carbocycles. The van der Waals surface area contributed by atoms with Crippen LogP contribution in [-0.2, 0) is 0 Å². The predicted octanol–water partition coefficient (Wildman–Crippen LogP) is 1.51. The van der Waals surface area contributed by atoms with E-state index in [0.717, 1.165) is 0 Å². The van der Waals surface area contributed by atoms with Gasteiger partial charge in [-0.25, -0.2) is 0 Å². The Kier molecular flexibility index (Phi) is 2.23. The number of nitrogens with one attached hydrogen (secondary N) is 1. The third-order valence-corrected chi connectivity index (χ3v) is 3.55. The van der Waals surface area contributed by atoms with Gasteiger partial charge < -0.3 is 10.2 Å². The van der Waals surface area contributed by atoms with Gasteiger partial charge in [0.2, 0.25) is 0 Å². The summed E-state index contributed by atoms with van der Waals surface area (Å²) in [5.41, 5.74) is 0.0318. The second kappa shape index (κ2) is 3.21. The van der Waals surface area contributed by atoms with Crippen molar-refractivity contribution in [2.24, 2.45) is 0 Å².